The summed E-state index contributed by atoms with van der Waals surface area (Å²) in [6, 6.07) is 75.8. The minimum atomic E-state index is 1.14. The summed E-state index contributed by atoms with van der Waals surface area (Å²) >= 11 is 0. The van der Waals surface area contributed by atoms with Crippen LogP contribution in [0.5, 0.6) is 0 Å². The number of aryl methyl sites for hydroxylation is 6. The first-order chi connectivity index (χ1) is 62.4. The molecule has 0 radical (unpaired) electrons. The lowest BCUT2D eigenvalue weighted by atomic mass is 9.82. The van der Waals surface area contributed by atoms with Crippen molar-refractivity contribution in [3.63, 3.8) is 0 Å². The second-order valence-electron chi connectivity index (χ2n) is 39.6. The van der Waals surface area contributed by atoms with E-state index in [4.69, 9.17) is 0 Å². The van der Waals surface area contributed by atoms with E-state index in [9.17, 15) is 0 Å². The van der Waals surface area contributed by atoms with Gasteiger partial charge in [-0.25, -0.2) is 0 Å². The summed E-state index contributed by atoms with van der Waals surface area (Å²) in [5.74, 6) is 0. The first-order valence-electron chi connectivity index (χ1n) is 54.5. The molecular formula is C126H180. The van der Waals surface area contributed by atoms with Crippen LogP contribution >= 0.6 is 0 Å². The van der Waals surface area contributed by atoms with Gasteiger partial charge in [0.1, 0.15) is 0 Å². The smallest absolute Gasteiger partial charge is 0.00921 e. The van der Waals surface area contributed by atoms with Crippen molar-refractivity contribution in [1.29, 1.82) is 0 Å². The van der Waals surface area contributed by atoms with Crippen LogP contribution in [0.15, 0.2) is 182 Å². The van der Waals surface area contributed by atoms with E-state index >= 15 is 0 Å². The van der Waals surface area contributed by atoms with Crippen molar-refractivity contribution in [2.45, 2.75) is 465 Å². The number of benzene rings is 10. The van der Waals surface area contributed by atoms with Crippen molar-refractivity contribution in [1.82, 2.24) is 0 Å². The van der Waals surface area contributed by atoms with Gasteiger partial charge in [0.15, 0.2) is 0 Å². The maximum Gasteiger partial charge on any atom is -0.00921 e. The first kappa shape index (κ1) is 101. The van der Waals surface area contributed by atoms with Crippen molar-refractivity contribution in [3.05, 3.63) is 215 Å². The topological polar surface area (TPSA) is 0 Å². The van der Waals surface area contributed by atoms with E-state index in [0.29, 0.717) is 0 Å². The van der Waals surface area contributed by atoms with Crippen molar-refractivity contribution < 1.29 is 0 Å². The summed E-state index contributed by atoms with van der Waals surface area (Å²) in [5.41, 5.74) is 24.6. The lowest BCUT2D eigenvalue weighted by molar-refractivity contribution is 0.556. The molecule has 0 fully saturated rings. The highest BCUT2D eigenvalue weighted by Crippen LogP contribution is 2.49. The minimum absolute atomic E-state index is 1.14. The Morgan fingerprint density at radius 1 is 0.111 bits per heavy atom. The van der Waals surface area contributed by atoms with Gasteiger partial charge in [0.2, 0.25) is 0 Å². The Hall–Kier alpha value is -7.02. The van der Waals surface area contributed by atoms with E-state index in [2.05, 4.69) is 224 Å². The van der Waals surface area contributed by atoms with Crippen molar-refractivity contribution >= 4 is 32.3 Å². The van der Waals surface area contributed by atoms with Gasteiger partial charge in [0.05, 0.1) is 0 Å². The van der Waals surface area contributed by atoms with E-state index < -0.39 is 0 Å². The van der Waals surface area contributed by atoms with Crippen LogP contribution < -0.4 is 0 Å². The van der Waals surface area contributed by atoms with Crippen LogP contribution in [0, 0.1) is 0 Å². The van der Waals surface area contributed by atoms with Crippen molar-refractivity contribution in [2.75, 3.05) is 0 Å². The maximum absolute atomic E-state index is 2.67. The fourth-order valence-electron chi connectivity index (χ4n) is 20.6. The van der Waals surface area contributed by atoms with Gasteiger partial charge >= 0.3 is 0 Å². The Labute approximate surface area is 774 Å². The molecule has 0 amide bonds. The third kappa shape index (κ3) is 36.0. The fraction of sp³-hybridized carbons (Fsp3) is 0.571. The van der Waals surface area contributed by atoms with Crippen LogP contribution in [-0.2, 0) is 38.5 Å². The van der Waals surface area contributed by atoms with Gasteiger partial charge in [-0.15, -0.1) is 0 Å². The molecule has 10 aromatic rings. The summed E-state index contributed by atoms with van der Waals surface area (Å²) in [5, 5.41) is 8.01. The average molecular weight is 1690 g/mol. The molecule has 0 spiro atoms. The molecule has 0 saturated carbocycles. The van der Waals surface area contributed by atoms with Gasteiger partial charge in [0.25, 0.3) is 0 Å². The number of hydrogen-bond acceptors (Lipinski definition) is 0. The molecule has 10 rings (SSSR count). The predicted octanol–water partition coefficient (Wildman–Crippen LogP) is 41.9. The molecule has 0 unspecified atom stereocenters. The molecule has 0 heterocycles. The Morgan fingerprint density at radius 3 is 0.310 bits per heavy atom. The van der Waals surface area contributed by atoms with Crippen LogP contribution in [0.3, 0.4) is 0 Å². The molecule has 0 bridgehead atoms. The fourth-order valence-corrected chi connectivity index (χ4v) is 20.6. The van der Waals surface area contributed by atoms with E-state index in [1.54, 1.807) is 0 Å². The highest BCUT2D eigenvalue weighted by atomic mass is 14.3. The third-order valence-electron chi connectivity index (χ3n) is 28.8. The zero-order chi connectivity index (χ0) is 87.7. The van der Waals surface area contributed by atoms with Gasteiger partial charge in [0, 0.05) is 0 Å². The van der Waals surface area contributed by atoms with E-state index in [1.165, 1.54) is 518 Å². The highest BCUT2D eigenvalue weighted by molar-refractivity contribution is 6.29. The number of hydrogen-bond donors (Lipinski definition) is 0. The highest BCUT2D eigenvalue weighted by Gasteiger charge is 2.23. The summed E-state index contributed by atoms with van der Waals surface area (Å²) in [6.45, 7) is 14.0. The van der Waals surface area contributed by atoms with Gasteiger partial charge in [-0.05, 0) is 246 Å². The summed E-state index contributed by atoms with van der Waals surface area (Å²) in [4.78, 5) is 0. The molecule has 0 aliphatic rings. The number of fused-ring (bicyclic) bond motifs is 6. The normalized spacial score (nSPS) is 11.8. The Balaban J connectivity index is 1.10. The van der Waals surface area contributed by atoms with Gasteiger partial charge in [-0.1, -0.05) is 534 Å². The molecular weight excluding hydrogens is 1510 g/mol. The predicted molar refractivity (Wildman–Crippen MR) is 565 cm³/mol. The van der Waals surface area contributed by atoms with Crippen LogP contribution in [0.25, 0.3) is 99.1 Å². The molecule has 126 heavy (non-hydrogen) atoms. The molecule has 684 valence electrons. The molecule has 0 heteroatoms. The van der Waals surface area contributed by atoms with E-state index in [-0.39, 0.29) is 0 Å². The van der Waals surface area contributed by atoms with Gasteiger partial charge in [-0.2, -0.15) is 0 Å². The largest absolute Gasteiger partial charge is 0.0654 e. The summed E-state index contributed by atoms with van der Waals surface area (Å²) in [6.07, 6.45) is 88.7. The van der Waals surface area contributed by atoms with Crippen molar-refractivity contribution in [2.24, 2.45) is 0 Å². The Bertz CT molecular complexity index is 3690. The molecule has 0 saturated heterocycles. The molecule has 0 atom stereocenters. The maximum atomic E-state index is 2.67. The first-order valence-corrected chi connectivity index (χ1v) is 54.5. The molecule has 0 aromatic heterocycles. The molecule has 0 aliphatic heterocycles. The third-order valence-corrected chi connectivity index (χ3v) is 28.8. The zero-order valence-corrected chi connectivity index (χ0v) is 82.0. The Morgan fingerprint density at radius 2 is 0.206 bits per heavy atom. The Kier molecular flexibility index (Phi) is 50.0. The molecule has 10 aromatic carbocycles. The summed E-state index contributed by atoms with van der Waals surface area (Å²) in [7, 11) is 0. The lowest BCUT2D eigenvalue weighted by Crippen LogP contribution is -1.95. The minimum Gasteiger partial charge on any atom is -0.0654 e. The number of unbranched alkanes of at least 4 members (excludes halogenated alkanes) is 54. The second kappa shape index (κ2) is 62.3. The van der Waals surface area contributed by atoms with Crippen molar-refractivity contribution in [3.8, 4) is 66.8 Å². The number of rotatable bonds is 72. The summed E-state index contributed by atoms with van der Waals surface area (Å²) < 4.78 is 0. The average Bonchev–Trinajstić information content (AvgIpc) is 0.712. The van der Waals surface area contributed by atoms with Gasteiger partial charge in [-0.3, -0.25) is 0 Å². The monoisotopic (exact) mass is 1690 g/mol. The van der Waals surface area contributed by atoms with E-state index in [0.717, 1.165) is 38.5 Å². The quantitative estimate of drug-likeness (QED) is 0.0263. The van der Waals surface area contributed by atoms with Crippen LogP contribution in [0.4, 0.5) is 0 Å². The second-order valence-corrected chi connectivity index (χ2v) is 39.6. The molecule has 0 N–H and O–H groups in total. The standard InChI is InChI=1S/C126H180/c1-7-13-19-25-31-37-43-49-55-61-67-103-73-85-109(86-74-103)115-97-121-122(98-116(115)110-87-75-104(76-88-110)68-62-56-50-44-38-32-26-20-14-8-2)124-100-118(112-91-79-106(80-92-112)70-64-58-52-46-40-34-28-22-16-10-4)120(114-95-83-108(84-96-114)72-66-60-54-48-42-36-30-24-18-12-6)102-126(124)125-101-119(113-93-81-107(82-94-113)71-65-59-53-47-41-35-29-23-17-11-5)117(99-123(121)125)111-89-77-105(78-90-111)69-63-57-51-45-39-33-27-21-15-9-3/h73-102H,7-72H2,1-6H3. The van der Waals surface area contributed by atoms with Crippen LogP contribution in [0.1, 0.15) is 460 Å². The van der Waals surface area contributed by atoms with Crippen LogP contribution in [-0.4, -0.2) is 0 Å². The van der Waals surface area contributed by atoms with E-state index in [1.807, 2.05) is 0 Å². The SMILES string of the molecule is CCCCCCCCCCCCc1ccc(-c2cc3c4cc(-c5ccc(CCCCCCCCCCCC)cc5)c(-c5ccc(CCCCCCCCCCCC)cc5)cc4c4cc(-c5ccc(CCCCCCCCCCCC)cc5)c(-c5ccc(CCCCCCCCCCCC)cc5)cc4c3cc2-c2ccc(CCCCCCCCCCCC)cc2)cc1. The van der Waals surface area contributed by atoms with Crippen LogP contribution in [0.2, 0.25) is 0 Å². The molecule has 0 aliphatic carbocycles. The zero-order valence-electron chi connectivity index (χ0n) is 82.0. The molecule has 0 nitrogen and oxygen atoms in total. The van der Waals surface area contributed by atoms with Gasteiger partial charge < -0.3 is 0 Å². The lowest BCUT2D eigenvalue weighted by Gasteiger charge is -2.21.